The first-order chi connectivity index (χ1) is 20.2. The Labute approximate surface area is 254 Å². The molecule has 1 amide bonds. The first-order valence-electron chi connectivity index (χ1n) is 13.2. The number of methoxy groups -OCH3 is 1. The van der Waals surface area contributed by atoms with Gasteiger partial charge >= 0.3 is 5.97 Å². The van der Waals surface area contributed by atoms with Crippen LogP contribution < -0.4 is 14.8 Å². The van der Waals surface area contributed by atoms with Gasteiger partial charge < -0.3 is 14.8 Å². The molecule has 0 unspecified atom stereocenters. The summed E-state index contributed by atoms with van der Waals surface area (Å²) < 4.78 is 41.2. The molecule has 0 aliphatic rings. The van der Waals surface area contributed by atoms with Crippen molar-refractivity contribution in [1.82, 2.24) is 10.0 Å². The third-order valence-corrected chi connectivity index (χ3v) is 8.43. The summed E-state index contributed by atoms with van der Waals surface area (Å²) in [6.07, 6.45) is 0.450. The fourth-order valence-corrected chi connectivity index (χ4v) is 6.26. The molecular weight excluding hydrogens is 620 g/mol. The molecule has 2 atom stereocenters. The molecule has 0 radical (unpaired) electrons. The van der Waals surface area contributed by atoms with Crippen molar-refractivity contribution in [3.63, 3.8) is 0 Å². The van der Waals surface area contributed by atoms with Crippen molar-refractivity contribution in [2.45, 2.75) is 29.8 Å². The van der Waals surface area contributed by atoms with Crippen LogP contribution in [0.4, 0.5) is 0 Å². The summed E-state index contributed by atoms with van der Waals surface area (Å²) in [5.74, 6) is -0.926. The highest BCUT2D eigenvalue weighted by atomic mass is 79.9. The minimum absolute atomic E-state index is 0.0548. The highest BCUT2D eigenvalue weighted by Gasteiger charge is 2.28. The number of carbonyl (C=O) groups excluding carboxylic acids is 2. The van der Waals surface area contributed by atoms with Crippen LogP contribution in [0, 0.1) is 0 Å². The Morgan fingerprint density at radius 3 is 1.98 bits per heavy atom. The second kappa shape index (κ2) is 14.8. The zero-order valence-corrected chi connectivity index (χ0v) is 25.3. The minimum atomic E-state index is -4.08. The summed E-state index contributed by atoms with van der Waals surface area (Å²) in [6.45, 7) is -0.268. The van der Waals surface area contributed by atoms with Gasteiger partial charge in [-0.15, -0.1) is 0 Å². The molecular formula is C32H31BrN2O6S. The molecule has 0 spiro atoms. The molecule has 0 heterocycles. The van der Waals surface area contributed by atoms with Crippen molar-refractivity contribution < 1.29 is 27.5 Å². The summed E-state index contributed by atoms with van der Waals surface area (Å²) in [5.41, 5.74) is 2.08. The van der Waals surface area contributed by atoms with Crippen molar-refractivity contribution in [3.8, 4) is 5.75 Å². The number of rotatable bonds is 13. The molecule has 0 bridgehead atoms. The Bertz CT molecular complexity index is 1590. The van der Waals surface area contributed by atoms with Gasteiger partial charge in [-0.1, -0.05) is 94.8 Å². The van der Waals surface area contributed by atoms with Crippen LogP contribution in [-0.2, 0) is 32.4 Å². The summed E-state index contributed by atoms with van der Waals surface area (Å²) in [6, 6.07) is 30.0. The predicted octanol–water partition coefficient (Wildman–Crippen LogP) is 4.93. The average molecular weight is 652 g/mol. The van der Waals surface area contributed by atoms with Gasteiger partial charge in [0.05, 0.1) is 13.2 Å². The molecule has 4 aromatic carbocycles. The Morgan fingerprint density at radius 1 is 0.810 bits per heavy atom. The Morgan fingerprint density at radius 2 is 1.38 bits per heavy atom. The van der Waals surface area contributed by atoms with Crippen LogP contribution in [0.25, 0.3) is 0 Å². The van der Waals surface area contributed by atoms with Crippen LogP contribution in [0.15, 0.2) is 119 Å². The fraction of sp³-hybridized carbons (Fsp3) is 0.188. The van der Waals surface area contributed by atoms with Crippen molar-refractivity contribution in [2.24, 2.45) is 0 Å². The number of esters is 1. The van der Waals surface area contributed by atoms with E-state index in [0.717, 1.165) is 11.1 Å². The molecule has 0 aliphatic heterocycles. The largest absolute Gasteiger partial charge is 0.495 e. The molecule has 0 fully saturated rings. The van der Waals surface area contributed by atoms with Gasteiger partial charge in [0.1, 0.15) is 23.3 Å². The summed E-state index contributed by atoms with van der Waals surface area (Å²) in [7, 11) is -2.69. The van der Waals surface area contributed by atoms with Crippen LogP contribution in [0.3, 0.4) is 0 Å². The highest BCUT2D eigenvalue weighted by molar-refractivity contribution is 9.10. The standard InChI is InChI=1S/C32H31BrN2O6S/c1-40-29-18-17-26(33)21-30(29)42(38,39)35-27(19-23-11-5-2-6-12-23)22-41-32(37)28(20-24-13-7-3-8-14-24)34-31(36)25-15-9-4-10-16-25/h2-18,21,27-28,35H,19-20,22H2,1H3,(H,34,36)/t27-,28+/m1/s1. The predicted molar refractivity (Wildman–Crippen MR) is 164 cm³/mol. The van der Waals surface area contributed by atoms with Crippen molar-refractivity contribution in [1.29, 1.82) is 0 Å². The van der Waals surface area contributed by atoms with Crippen molar-refractivity contribution in [3.05, 3.63) is 130 Å². The Hall–Kier alpha value is -3.99. The van der Waals surface area contributed by atoms with Gasteiger partial charge in [0.15, 0.2) is 0 Å². The van der Waals surface area contributed by atoms with Crippen LogP contribution in [0.1, 0.15) is 21.5 Å². The lowest BCUT2D eigenvalue weighted by atomic mass is 10.1. The normalized spacial score (nSPS) is 12.6. The van der Waals surface area contributed by atoms with Crippen LogP contribution in [0.5, 0.6) is 5.75 Å². The van der Waals surface area contributed by atoms with Crippen LogP contribution in [0.2, 0.25) is 0 Å². The van der Waals surface area contributed by atoms with Gasteiger partial charge in [-0.3, -0.25) is 4.79 Å². The van der Waals surface area contributed by atoms with Crippen molar-refractivity contribution >= 4 is 37.8 Å². The molecule has 8 nitrogen and oxygen atoms in total. The number of nitrogens with one attached hydrogen (secondary N) is 2. The monoisotopic (exact) mass is 650 g/mol. The van der Waals surface area contributed by atoms with Crippen LogP contribution in [-0.4, -0.2) is 46.1 Å². The van der Waals surface area contributed by atoms with Crippen molar-refractivity contribution in [2.75, 3.05) is 13.7 Å². The molecule has 0 saturated carbocycles. The number of halogens is 1. The minimum Gasteiger partial charge on any atom is -0.495 e. The molecule has 4 aromatic rings. The van der Waals surface area contributed by atoms with Gasteiger partial charge in [-0.2, -0.15) is 0 Å². The number of hydrogen-bond acceptors (Lipinski definition) is 6. The lowest BCUT2D eigenvalue weighted by Gasteiger charge is -2.22. The molecule has 10 heteroatoms. The van der Waals surface area contributed by atoms with E-state index >= 15 is 0 Å². The quantitative estimate of drug-likeness (QED) is 0.199. The Kier molecular flexibility index (Phi) is 10.9. The molecule has 0 aromatic heterocycles. The van der Waals surface area contributed by atoms with Gasteiger partial charge in [-0.05, 0) is 47.9 Å². The number of carbonyl (C=O) groups is 2. The van der Waals surface area contributed by atoms with E-state index in [1.807, 2.05) is 60.7 Å². The molecule has 218 valence electrons. The van der Waals surface area contributed by atoms with E-state index in [1.165, 1.54) is 13.2 Å². The summed E-state index contributed by atoms with van der Waals surface area (Å²) >= 11 is 3.32. The maximum absolute atomic E-state index is 13.5. The van der Waals surface area contributed by atoms with E-state index in [4.69, 9.17) is 9.47 Å². The summed E-state index contributed by atoms with van der Waals surface area (Å²) in [4.78, 5) is 26.3. The summed E-state index contributed by atoms with van der Waals surface area (Å²) in [5, 5.41) is 2.78. The zero-order valence-electron chi connectivity index (χ0n) is 22.9. The van der Waals surface area contributed by atoms with E-state index < -0.39 is 34.0 Å². The topological polar surface area (TPSA) is 111 Å². The first-order valence-corrected chi connectivity index (χ1v) is 15.5. The maximum Gasteiger partial charge on any atom is 0.329 e. The number of amides is 1. The molecule has 4 rings (SSSR count). The number of hydrogen-bond donors (Lipinski definition) is 2. The van der Waals surface area contributed by atoms with Gasteiger partial charge in [0, 0.05) is 16.5 Å². The molecule has 0 saturated heterocycles. The third kappa shape index (κ3) is 8.75. The molecule has 2 N–H and O–H groups in total. The highest BCUT2D eigenvalue weighted by Crippen LogP contribution is 2.27. The van der Waals surface area contributed by atoms with E-state index in [0.29, 0.717) is 10.0 Å². The molecule has 0 aliphatic carbocycles. The zero-order chi connectivity index (χ0) is 30.0. The second-order valence-electron chi connectivity index (χ2n) is 9.51. The lowest BCUT2D eigenvalue weighted by molar-refractivity contribution is -0.146. The third-order valence-electron chi connectivity index (χ3n) is 6.40. The van der Waals surface area contributed by atoms with Crippen LogP contribution >= 0.6 is 15.9 Å². The smallest absolute Gasteiger partial charge is 0.329 e. The number of benzene rings is 4. The van der Waals surface area contributed by atoms with E-state index in [1.54, 1.807) is 42.5 Å². The van der Waals surface area contributed by atoms with E-state index in [2.05, 4.69) is 26.0 Å². The van der Waals surface area contributed by atoms with E-state index in [-0.39, 0.29) is 30.1 Å². The van der Waals surface area contributed by atoms with Gasteiger partial charge in [0.2, 0.25) is 10.0 Å². The number of ether oxygens (including phenoxy) is 2. The fourth-order valence-electron chi connectivity index (χ4n) is 4.33. The molecule has 42 heavy (non-hydrogen) atoms. The maximum atomic E-state index is 13.5. The number of sulfonamides is 1. The Balaban J connectivity index is 1.55. The first kappa shape index (κ1) is 31.0. The van der Waals surface area contributed by atoms with E-state index in [9.17, 15) is 18.0 Å². The lowest BCUT2D eigenvalue weighted by Crippen LogP contribution is -2.46. The second-order valence-corrected chi connectivity index (χ2v) is 12.1. The average Bonchev–Trinajstić information content (AvgIpc) is 3.00. The SMILES string of the molecule is COc1ccc(Br)cc1S(=O)(=O)N[C@@H](COC(=O)[C@H](Cc1ccccc1)NC(=O)c1ccccc1)Cc1ccccc1. The van der Waals surface area contributed by atoms with Gasteiger partial charge in [-0.25, -0.2) is 17.9 Å². The van der Waals surface area contributed by atoms with Gasteiger partial charge in [0.25, 0.3) is 5.91 Å².